The Morgan fingerprint density at radius 2 is 1.86 bits per heavy atom. The van der Waals surface area contributed by atoms with E-state index in [1.807, 2.05) is 6.07 Å². The maximum atomic E-state index is 12.7. The second-order valence-corrected chi connectivity index (χ2v) is 14.8. The van der Waals surface area contributed by atoms with Crippen LogP contribution >= 0.6 is 0 Å². The van der Waals surface area contributed by atoms with Crippen molar-refractivity contribution in [1.82, 2.24) is 19.5 Å². The summed E-state index contributed by atoms with van der Waals surface area (Å²) in [6, 6.07) is 8.84. The molecule has 0 bridgehead atoms. The molecule has 1 aliphatic rings. The number of rotatable bonds is 7. The van der Waals surface area contributed by atoms with Gasteiger partial charge in [0.1, 0.15) is 24.6 Å². The van der Waals surface area contributed by atoms with E-state index in [1.54, 1.807) is 42.3 Å². The maximum absolute atomic E-state index is 12.7. The number of amides is 1. The Hall–Kier alpha value is -2.99. The molecular formula is C24H31N5O5Si. The lowest BCUT2D eigenvalue weighted by atomic mass is 10.1. The zero-order chi connectivity index (χ0) is 25.4. The zero-order valence-corrected chi connectivity index (χ0v) is 21.8. The van der Waals surface area contributed by atoms with Crippen LogP contribution in [-0.2, 0) is 18.7 Å². The van der Waals surface area contributed by atoms with E-state index in [1.165, 1.54) is 6.33 Å². The number of nitrogens with one attached hydrogen (secondary N) is 1. The Morgan fingerprint density at radius 3 is 2.49 bits per heavy atom. The topological polar surface area (TPSA) is 117 Å². The van der Waals surface area contributed by atoms with E-state index in [0.29, 0.717) is 16.7 Å². The Bertz CT molecular complexity index is 1210. The van der Waals surface area contributed by atoms with Crippen LogP contribution < -0.4 is 5.32 Å². The SMILES string of the molecule is COC1C(C=O)OC(n2cnc3c(NC(=O)c4ccccc4)ncnc32)C1O[Si](C)(C)C(C)(C)C. The fourth-order valence-electron chi connectivity index (χ4n) is 3.81. The highest BCUT2D eigenvalue weighted by molar-refractivity contribution is 6.74. The minimum atomic E-state index is -2.26. The van der Waals surface area contributed by atoms with Gasteiger partial charge in [-0.15, -0.1) is 0 Å². The third kappa shape index (κ3) is 4.76. The Labute approximate surface area is 205 Å². The summed E-state index contributed by atoms with van der Waals surface area (Å²) in [4.78, 5) is 37.6. The molecule has 3 aromatic rings. The summed E-state index contributed by atoms with van der Waals surface area (Å²) in [5.74, 6) is -0.0328. The fraction of sp³-hybridized carbons (Fsp3) is 0.458. The van der Waals surface area contributed by atoms with Crippen LogP contribution in [0.5, 0.6) is 0 Å². The highest BCUT2D eigenvalue weighted by atomic mass is 28.4. The van der Waals surface area contributed by atoms with E-state index < -0.39 is 32.9 Å². The quantitative estimate of drug-likeness (QED) is 0.389. The smallest absolute Gasteiger partial charge is 0.256 e. The maximum Gasteiger partial charge on any atom is 0.256 e. The van der Waals surface area contributed by atoms with Gasteiger partial charge < -0.3 is 24.0 Å². The molecule has 3 heterocycles. The van der Waals surface area contributed by atoms with E-state index in [-0.39, 0.29) is 16.8 Å². The normalized spacial score (nSPS) is 22.9. The van der Waals surface area contributed by atoms with Gasteiger partial charge in [0.15, 0.2) is 37.8 Å². The van der Waals surface area contributed by atoms with Gasteiger partial charge in [-0.2, -0.15) is 0 Å². The number of imidazole rings is 1. The van der Waals surface area contributed by atoms with Crippen molar-refractivity contribution in [2.45, 2.75) is 63.4 Å². The molecule has 4 rings (SSSR count). The molecule has 11 heteroatoms. The number of methoxy groups -OCH3 is 1. The van der Waals surface area contributed by atoms with Crippen molar-refractivity contribution >= 4 is 37.5 Å². The molecule has 4 atom stereocenters. The van der Waals surface area contributed by atoms with Crippen molar-refractivity contribution < 1.29 is 23.5 Å². The summed E-state index contributed by atoms with van der Waals surface area (Å²) in [5.41, 5.74) is 1.34. The molecule has 0 saturated carbocycles. The van der Waals surface area contributed by atoms with Gasteiger partial charge in [-0.25, -0.2) is 15.0 Å². The number of carbonyl (C=O) groups is 2. The molecule has 4 unspecified atom stereocenters. The Morgan fingerprint density at radius 1 is 1.14 bits per heavy atom. The number of anilines is 1. The van der Waals surface area contributed by atoms with E-state index >= 15 is 0 Å². The van der Waals surface area contributed by atoms with Crippen molar-refractivity contribution in [3.05, 3.63) is 48.5 Å². The summed E-state index contributed by atoms with van der Waals surface area (Å²) >= 11 is 0. The average Bonchev–Trinajstić information content (AvgIpc) is 3.40. The van der Waals surface area contributed by atoms with E-state index in [2.05, 4.69) is 54.1 Å². The van der Waals surface area contributed by atoms with Crippen LogP contribution in [0.25, 0.3) is 11.2 Å². The summed E-state index contributed by atoms with van der Waals surface area (Å²) < 4.78 is 20.2. The van der Waals surface area contributed by atoms with Crippen LogP contribution in [0.4, 0.5) is 5.82 Å². The molecule has 35 heavy (non-hydrogen) atoms. The van der Waals surface area contributed by atoms with Crippen molar-refractivity contribution in [3.8, 4) is 0 Å². The van der Waals surface area contributed by atoms with Crippen molar-refractivity contribution in [1.29, 1.82) is 0 Å². The first kappa shape index (κ1) is 25.1. The summed E-state index contributed by atoms with van der Waals surface area (Å²) in [6.45, 7) is 10.7. The highest BCUT2D eigenvalue weighted by Gasteiger charge is 2.51. The molecule has 1 amide bonds. The van der Waals surface area contributed by atoms with Crippen molar-refractivity contribution in [2.24, 2.45) is 0 Å². The third-order valence-corrected chi connectivity index (χ3v) is 11.2. The molecular weight excluding hydrogens is 466 g/mol. The van der Waals surface area contributed by atoms with Crippen LogP contribution in [0.15, 0.2) is 43.0 Å². The lowest BCUT2D eigenvalue weighted by Gasteiger charge is -2.40. The van der Waals surface area contributed by atoms with Gasteiger partial charge in [0, 0.05) is 12.7 Å². The molecule has 0 aliphatic carbocycles. The number of hydrogen-bond acceptors (Lipinski definition) is 8. The number of aromatic nitrogens is 4. The molecule has 0 spiro atoms. The van der Waals surface area contributed by atoms with Gasteiger partial charge in [-0.1, -0.05) is 39.0 Å². The predicted octanol–water partition coefficient (Wildman–Crippen LogP) is 3.58. The van der Waals surface area contributed by atoms with Crippen LogP contribution in [-0.4, -0.2) is 65.5 Å². The van der Waals surface area contributed by atoms with Gasteiger partial charge in [0.05, 0.1) is 6.33 Å². The largest absolute Gasteiger partial charge is 0.407 e. The van der Waals surface area contributed by atoms with E-state index in [4.69, 9.17) is 13.9 Å². The monoisotopic (exact) mass is 497 g/mol. The summed E-state index contributed by atoms with van der Waals surface area (Å²) in [6.07, 6.45) is 0.970. The van der Waals surface area contributed by atoms with E-state index in [9.17, 15) is 9.59 Å². The van der Waals surface area contributed by atoms with E-state index in [0.717, 1.165) is 6.29 Å². The van der Waals surface area contributed by atoms with Crippen LogP contribution in [0.3, 0.4) is 0 Å². The fourth-order valence-corrected chi connectivity index (χ4v) is 5.09. The van der Waals surface area contributed by atoms with Gasteiger partial charge in [0.2, 0.25) is 0 Å². The summed E-state index contributed by atoms with van der Waals surface area (Å²) in [5, 5.41) is 2.74. The van der Waals surface area contributed by atoms with Gasteiger partial charge >= 0.3 is 0 Å². The van der Waals surface area contributed by atoms with Gasteiger partial charge in [-0.3, -0.25) is 9.36 Å². The first-order valence-corrected chi connectivity index (χ1v) is 14.3. The lowest BCUT2D eigenvalue weighted by molar-refractivity contribution is -0.123. The molecule has 2 aromatic heterocycles. The number of nitrogens with zero attached hydrogens (tertiary/aromatic N) is 4. The lowest BCUT2D eigenvalue weighted by Crippen LogP contribution is -2.49. The summed E-state index contributed by atoms with van der Waals surface area (Å²) in [7, 11) is -0.720. The number of ether oxygens (including phenoxy) is 2. The minimum Gasteiger partial charge on any atom is -0.407 e. The number of fused-ring (bicyclic) bond motifs is 1. The number of carbonyl (C=O) groups excluding carboxylic acids is 2. The van der Waals surface area contributed by atoms with Crippen molar-refractivity contribution in [2.75, 3.05) is 12.4 Å². The molecule has 186 valence electrons. The average molecular weight is 498 g/mol. The first-order chi connectivity index (χ1) is 16.6. The molecule has 0 radical (unpaired) electrons. The number of hydrogen-bond donors (Lipinski definition) is 1. The highest BCUT2D eigenvalue weighted by Crippen LogP contribution is 2.42. The zero-order valence-electron chi connectivity index (χ0n) is 20.8. The molecule has 1 saturated heterocycles. The predicted molar refractivity (Wildman–Crippen MR) is 133 cm³/mol. The first-order valence-electron chi connectivity index (χ1n) is 11.4. The standard InChI is InChI=1S/C24H31N5O5Si/c1-24(2,3)35(5,6)34-19-18(32-4)16(12-30)33-23(19)29-14-27-17-20(25-13-26-21(17)29)28-22(31)15-10-8-7-9-11-15/h7-14,16,18-19,23H,1-6H3,(H,25,26,28,31). The van der Waals surface area contributed by atoms with Crippen LogP contribution in [0, 0.1) is 0 Å². The van der Waals surface area contributed by atoms with Crippen molar-refractivity contribution in [3.63, 3.8) is 0 Å². The van der Waals surface area contributed by atoms with Crippen LogP contribution in [0.2, 0.25) is 18.1 Å². The number of aldehydes is 1. The Balaban J connectivity index is 1.70. The molecule has 1 aliphatic heterocycles. The molecule has 1 aromatic carbocycles. The molecule has 1 N–H and O–H groups in total. The third-order valence-electron chi connectivity index (χ3n) is 6.77. The molecule has 10 nitrogen and oxygen atoms in total. The molecule has 1 fully saturated rings. The second kappa shape index (κ2) is 9.57. The number of benzene rings is 1. The second-order valence-electron chi connectivity index (χ2n) is 10.0. The van der Waals surface area contributed by atoms with Gasteiger partial charge in [-0.05, 0) is 30.3 Å². The van der Waals surface area contributed by atoms with Gasteiger partial charge in [0.25, 0.3) is 5.91 Å². The minimum absolute atomic E-state index is 0.0663. The van der Waals surface area contributed by atoms with Crippen LogP contribution in [0.1, 0.15) is 37.4 Å². The Kier molecular flexibility index (Phi) is 6.87.